The maximum Gasteiger partial charge on any atom is 0.407 e. The van der Waals surface area contributed by atoms with Crippen LogP contribution in [0.3, 0.4) is 0 Å². The Bertz CT molecular complexity index is 893. The van der Waals surface area contributed by atoms with Gasteiger partial charge in [0.05, 0.1) is 0 Å². The van der Waals surface area contributed by atoms with Gasteiger partial charge in [0.15, 0.2) is 0 Å². The van der Waals surface area contributed by atoms with E-state index >= 15 is 0 Å². The highest BCUT2D eigenvalue weighted by molar-refractivity contribution is 6.04. The molecule has 1 aliphatic heterocycles. The summed E-state index contributed by atoms with van der Waals surface area (Å²) in [5.41, 5.74) is 2.97. The van der Waals surface area contributed by atoms with Crippen LogP contribution in [0.2, 0.25) is 0 Å². The quantitative estimate of drug-likeness (QED) is 0.652. The molecular weight excluding hydrogens is 402 g/mol. The highest BCUT2D eigenvalue weighted by Gasteiger charge is 2.16. The third kappa shape index (κ3) is 7.68. The second-order valence-electron chi connectivity index (χ2n) is 9.66. The molecule has 1 heterocycles. The molecule has 3 rings (SSSR count). The summed E-state index contributed by atoms with van der Waals surface area (Å²) in [6.45, 7) is 11.4. The van der Waals surface area contributed by atoms with Crippen molar-refractivity contribution >= 4 is 17.7 Å². The fourth-order valence-corrected chi connectivity index (χ4v) is 3.64. The average molecular weight is 438 g/mol. The Morgan fingerprint density at radius 1 is 0.969 bits per heavy atom. The van der Waals surface area contributed by atoms with Gasteiger partial charge in [0.2, 0.25) is 0 Å². The first-order chi connectivity index (χ1) is 15.2. The second-order valence-corrected chi connectivity index (χ2v) is 9.66. The van der Waals surface area contributed by atoms with E-state index in [2.05, 4.69) is 34.6 Å². The standard InChI is InChI=1S/C26H35N3O3/c1-19-13-15-29(16-14-19)18-21-7-11-23(12-8-21)28-24(30)22-9-5-20(6-10-22)17-27-25(31)32-26(2,3)4/h5-12,19H,13-18H2,1-4H3,(H,27,31)(H,28,30). The van der Waals surface area contributed by atoms with Crippen molar-refractivity contribution in [3.8, 4) is 0 Å². The molecule has 2 aromatic carbocycles. The summed E-state index contributed by atoms with van der Waals surface area (Å²) < 4.78 is 5.23. The maximum absolute atomic E-state index is 12.6. The van der Waals surface area contributed by atoms with Crippen LogP contribution in [0.15, 0.2) is 48.5 Å². The van der Waals surface area contributed by atoms with Crippen LogP contribution in [0.4, 0.5) is 10.5 Å². The number of alkyl carbamates (subject to hydrolysis) is 1. The van der Waals surface area contributed by atoms with E-state index in [0.29, 0.717) is 12.1 Å². The van der Waals surface area contributed by atoms with Crippen LogP contribution < -0.4 is 10.6 Å². The van der Waals surface area contributed by atoms with E-state index in [1.807, 2.05) is 45.0 Å². The largest absolute Gasteiger partial charge is 0.444 e. The number of nitrogens with one attached hydrogen (secondary N) is 2. The highest BCUT2D eigenvalue weighted by Crippen LogP contribution is 2.19. The lowest BCUT2D eigenvalue weighted by Crippen LogP contribution is -2.32. The van der Waals surface area contributed by atoms with Crippen molar-refractivity contribution in [2.45, 2.75) is 59.2 Å². The molecule has 0 spiro atoms. The predicted molar refractivity (Wildman–Crippen MR) is 128 cm³/mol. The lowest BCUT2D eigenvalue weighted by atomic mass is 9.99. The molecule has 1 saturated heterocycles. The van der Waals surface area contributed by atoms with Crippen molar-refractivity contribution < 1.29 is 14.3 Å². The molecule has 1 aliphatic rings. The second kappa shape index (κ2) is 10.6. The molecule has 0 aromatic heterocycles. The van der Waals surface area contributed by atoms with Crippen molar-refractivity contribution in [2.75, 3.05) is 18.4 Å². The molecule has 2 N–H and O–H groups in total. The van der Waals surface area contributed by atoms with Crippen molar-refractivity contribution in [2.24, 2.45) is 5.92 Å². The van der Waals surface area contributed by atoms with Gasteiger partial charge in [-0.15, -0.1) is 0 Å². The highest BCUT2D eigenvalue weighted by atomic mass is 16.6. The molecule has 0 unspecified atom stereocenters. The summed E-state index contributed by atoms with van der Waals surface area (Å²) >= 11 is 0. The molecule has 172 valence electrons. The van der Waals surface area contributed by atoms with E-state index < -0.39 is 11.7 Å². The number of hydrogen-bond acceptors (Lipinski definition) is 4. The van der Waals surface area contributed by atoms with Crippen LogP contribution in [0.25, 0.3) is 0 Å². The van der Waals surface area contributed by atoms with E-state index in [9.17, 15) is 9.59 Å². The van der Waals surface area contributed by atoms with E-state index in [1.54, 1.807) is 12.1 Å². The van der Waals surface area contributed by atoms with E-state index in [0.717, 1.165) is 36.8 Å². The monoisotopic (exact) mass is 437 g/mol. The normalized spacial score (nSPS) is 15.2. The van der Waals surface area contributed by atoms with Gasteiger partial charge in [0.25, 0.3) is 5.91 Å². The molecule has 2 aromatic rings. The zero-order chi connectivity index (χ0) is 23.1. The van der Waals surface area contributed by atoms with E-state index in [4.69, 9.17) is 4.74 Å². The number of ether oxygens (including phenoxy) is 1. The Balaban J connectivity index is 1.47. The smallest absolute Gasteiger partial charge is 0.407 e. The van der Waals surface area contributed by atoms with Gasteiger partial charge in [-0.25, -0.2) is 4.79 Å². The number of hydrogen-bond donors (Lipinski definition) is 2. The number of carbonyl (C=O) groups is 2. The minimum Gasteiger partial charge on any atom is -0.444 e. The number of nitrogens with zero attached hydrogens (tertiary/aromatic N) is 1. The molecule has 32 heavy (non-hydrogen) atoms. The van der Waals surface area contributed by atoms with E-state index in [1.165, 1.54) is 18.4 Å². The van der Waals surface area contributed by atoms with Gasteiger partial charge in [-0.05, 0) is 88.0 Å². The lowest BCUT2D eigenvalue weighted by Gasteiger charge is -2.30. The Hall–Kier alpha value is -2.86. The maximum atomic E-state index is 12.6. The van der Waals surface area contributed by atoms with Crippen molar-refractivity contribution in [1.82, 2.24) is 10.2 Å². The summed E-state index contributed by atoms with van der Waals surface area (Å²) in [5, 5.41) is 5.66. The van der Waals surface area contributed by atoms with Gasteiger partial charge < -0.3 is 15.4 Å². The lowest BCUT2D eigenvalue weighted by molar-refractivity contribution is 0.0523. The first kappa shape index (κ1) is 23.8. The molecule has 0 saturated carbocycles. The van der Waals surface area contributed by atoms with Gasteiger partial charge in [0.1, 0.15) is 5.60 Å². The molecule has 1 fully saturated rings. The van der Waals surface area contributed by atoms with Gasteiger partial charge in [0, 0.05) is 24.3 Å². The van der Waals surface area contributed by atoms with Crippen LogP contribution in [-0.4, -0.2) is 35.6 Å². The Labute approximate surface area is 191 Å². The molecule has 6 heteroatoms. The first-order valence-electron chi connectivity index (χ1n) is 11.4. The minimum atomic E-state index is -0.531. The Morgan fingerprint density at radius 2 is 1.56 bits per heavy atom. The van der Waals surface area contributed by atoms with Crippen molar-refractivity contribution in [3.05, 3.63) is 65.2 Å². The third-order valence-corrected chi connectivity index (χ3v) is 5.55. The molecule has 0 atom stereocenters. The summed E-state index contributed by atoms with van der Waals surface area (Å²) in [7, 11) is 0. The van der Waals surface area contributed by atoms with Gasteiger partial charge in [-0.1, -0.05) is 31.2 Å². The van der Waals surface area contributed by atoms with Crippen LogP contribution in [-0.2, 0) is 17.8 Å². The zero-order valence-corrected chi connectivity index (χ0v) is 19.6. The predicted octanol–water partition coefficient (Wildman–Crippen LogP) is 5.20. The number of piperidine rings is 1. The summed E-state index contributed by atoms with van der Waals surface area (Å²) in [6, 6.07) is 15.3. The van der Waals surface area contributed by atoms with E-state index in [-0.39, 0.29) is 5.91 Å². The third-order valence-electron chi connectivity index (χ3n) is 5.55. The molecule has 0 radical (unpaired) electrons. The van der Waals surface area contributed by atoms with Gasteiger partial charge in [-0.2, -0.15) is 0 Å². The zero-order valence-electron chi connectivity index (χ0n) is 19.6. The number of rotatable bonds is 6. The summed E-state index contributed by atoms with van der Waals surface area (Å²) in [5.74, 6) is 0.675. The number of likely N-dealkylation sites (tertiary alicyclic amines) is 1. The molecule has 0 bridgehead atoms. The Morgan fingerprint density at radius 3 is 2.16 bits per heavy atom. The van der Waals surface area contributed by atoms with Crippen LogP contribution in [0, 0.1) is 5.92 Å². The molecule has 6 nitrogen and oxygen atoms in total. The van der Waals surface area contributed by atoms with Crippen LogP contribution in [0.1, 0.15) is 62.0 Å². The number of carbonyl (C=O) groups excluding carboxylic acids is 2. The topological polar surface area (TPSA) is 70.7 Å². The summed E-state index contributed by atoms with van der Waals surface area (Å²) in [4.78, 5) is 26.8. The molecule has 2 amide bonds. The molecule has 0 aliphatic carbocycles. The first-order valence-corrected chi connectivity index (χ1v) is 11.4. The SMILES string of the molecule is CC1CCN(Cc2ccc(NC(=O)c3ccc(CNC(=O)OC(C)(C)C)cc3)cc2)CC1. The minimum absolute atomic E-state index is 0.158. The fraction of sp³-hybridized carbons (Fsp3) is 0.462. The molecular formula is C26H35N3O3. The number of amides is 2. The van der Waals surface area contributed by atoms with Gasteiger partial charge in [-0.3, -0.25) is 9.69 Å². The van der Waals surface area contributed by atoms with Gasteiger partial charge >= 0.3 is 6.09 Å². The Kier molecular flexibility index (Phi) is 7.91. The van der Waals surface area contributed by atoms with Crippen molar-refractivity contribution in [1.29, 1.82) is 0 Å². The number of anilines is 1. The van der Waals surface area contributed by atoms with Crippen molar-refractivity contribution in [3.63, 3.8) is 0 Å². The number of benzene rings is 2. The van der Waals surface area contributed by atoms with Crippen LogP contribution >= 0.6 is 0 Å². The van der Waals surface area contributed by atoms with Crippen LogP contribution in [0.5, 0.6) is 0 Å². The summed E-state index contributed by atoms with van der Waals surface area (Å²) in [6.07, 6.45) is 2.08. The average Bonchev–Trinajstić information content (AvgIpc) is 2.74. The fourth-order valence-electron chi connectivity index (χ4n) is 3.64.